The van der Waals surface area contributed by atoms with Gasteiger partial charge in [-0.3, -0.25) is 4.79 Å². The molecule has 0 spiro atoms. The van der Waals surface area contributed by atoms with Crippen LogP contribution in [0.5, 0.6) is 0 Å². The fourth-order valence-corrected chi connectivity index (χ4v) is 1.82. The number of aromatic nitrogens is 1. The number of nitrogens with two attached hydrogens (primary N) is 1. The van der Waals surface area contributed by atoms with Crippen molar-refractivity contribution in [1.29, 1.82) is 0 Å². The molecule has 4 N–H and O–H groups in total. The van der Waals surface area contributed by atoms with Crippen molar-refractivity contribution < 1.29 is 23.1 Å². The van der Waals surface area contributed by atoms with Crippen LogP contribution in [0.3, 0.4) is 0 Å². The number of nitrogens with zero attached hydrogens (tertiary/aromatic N) is 1. The zero-order valence-electron chi connectivity index (χ0n) is 8.45. The van der Waals surface area contributed by atoms with Crippen molar-refractivity contribution in [3.05, 3.63) is 23.9 Å². The van der Waals surface area contributed by atoms with Gasteiger partial charge in [-0.1, -0.05) is 0 Å². The third-order valence-corrected chi connectivity index (χ3v) is 3.01. The van der Waals surface area contributed by atoms with Gasteiger partial charge in [-0.2, -0.15) is 0 Å². The molecule has 0 aliphatic carbocycles. The normalized spacial score (nSPS) is 11.1. The number of rotatable bonds is 5. The average Bonchev–Trinajstić information content (AvgIpc) is 2.27. The van der Waals surface area contributed by atoms with Crippen LogP contribution in [0.2, 0.25) is 0 Å². The zero-order valence-corrected chi connectivity index (χ0v) is 9.27. The lowest BCUT2D eigenvalue weighted by molar-refractivity contribution is -0.116. The van der Waals surface area contributed by atoms with Crippen molar-refractivity contribution in [3.63, 3.8) is 0 Å². The van der Waals surface area contributed by atoms with E-state index in [1.165, 1.54) is 0 Å². The molecular formula is C8H9N3O5S. The maximum atomic E-state index is 11.5. The SMILES string of the molecule is NC(=O)CNS(=O)(=O)c1ccc(C(=O)O)cn1. The Morgan fingerprint density at radius 1 is 1.41 bits per heavy atom. The summed E-state index contributed by atoms with van der Waals surface area (Å²) < 4.78 is 24.9. The van der Waals surface area contributed by atoms with E-state index in [4.69, 9.17) is 10.8 Å². The van der Waals surface area contributed by atoms with Gasteiger partial charge in [0.25, 0.3) is 10.0 Å². The van der Waals surface area contributed by atoms with Gasteiger partial charge >= 0.3 is 5.97 Å². The minimum atomic E-state index is -3.95. The molecule has 0 aliphatic heterocycles. The van der Waals surface area contributed by atoms with E-state index in [2.05, 4.69) is 4.98 Å². The predicted octanol–water partition coefficient (Wildman–Crippen LogP) is -1.46. The number of hydrogen-bond donors (Lipinski definition) is 3. The van der Waals surface area contributed by atoms with Crippen LogP contribution in [0, 0.1) is 0 Å². The van der Waals surface area contributed by atoms with E-state index in [1.807, 2.05) is 4.72 Å². The molecule has 1 amide bonds. The highest BCUT2D eigenvalue weighted by Crippen LogP contribution is 2.06. The minimum absolute atomic E-state index is 0.140. The summed E-state index contributed by atoms with van der Waals surface area (Å²) in [6.45, 7) is -0.551. The molecule has 0 atom stereocenters. The van der Waals surface area contributed by atoms with E-state index in [0.717, 1.165) is 18.3 Å². The van der Waals surface area contributed by atoms with Crippen LogP contribution >= 0.6 is 0 Å². The van der Waals surface area contributed by atoms with Crippen molar-refractivity contribution in [3.8, 4) is 0 Å². The molecule has 0 unspecified atom stereocenters. The second-order valence-corrected chi connectivity index (χ2v) is 4.69. The monoisotopic (exact) mass is 259 g/mol. The van der Waals surface area contributed by atoms with Gasteiger partial charge in [-0.25, -0.2) is 22.9 Å². The first kappa shape index (κ1) is 13.1. The molecule has 9 heteroatoms. The standard InChI is InChI=1S/C8H9N3O5S/c9-6(12)4-11-17(15,16)7-2-1-5(3-10-7)8(13)14/h1-3,11H,4H2,(H2,9,12)(H,13,14). The molecule has 1 heterocycles. The first-order valence-electron chi connectivity index (χ1n) is 4.30. The number of carboxylic acids is 1. The number of hydrogen-bond acceptors (Lipinski definition) is 5. The highest BCUT2D eigenvalue weighted by molar-refractivity contribution is 7.89. The van der Waals surface area contributed by atoms with E-state index in [1.54, 1.807) is 0 Å². The number of carboxylic acid groups (broad SMARTS) is 1. The molecule has 17 heavy (non-hydrogen) atoms. The Morgan fingerprint density at radius 2 is 2.06 bits per heavy atom. The van der Waals surface area contributed by atoms with Crippen molar-refractivity contribution in [1.82, 2.24) is 9.71 Å². The Kier molecular flexibility index (Phi) is 3.76. The maximum absolute atomic E-state index is 11.5. The van der Waals surface area contributed by atoms with Crippen molar-refractivity contribution in [2.45, 2.75) is 5.03 Å². The van der Waals surface area contributed by atoms with E-state index in [0.29, 0.717) is 0 Å². The quantitative estimate of drug-likeness (QED) is 0.590. The second-order valence-electron chi connectivity index (χ2n) is 2.98. The van der Waals surface area contributed by atoms with Crippen LogP contribution in [0.1, 0.15) is 10.4 Å². The summed E-state index contributed by atoms with van der Waals surface area (Å²) >= 11 is 0. The number of carbonyl (C=O) groups is 2. The van der Waals surface area contributed by atoms with Crippen LogP contribution in [-0.2, 0) is 14.8 Å². The van der Waals surface area contributed by atoms with Crippen LogP contribution in [0.25, 0.3) is 0 Å². The first-order chi connectivity index (χ1) is 7.83. The molecule has 1 aromatic rings. The molecule has 1 rings (SSSR count). The Bertz CT molecular complexity index is 537. The van der Waals surface area contributed by atoms with Crippen LogP contribution < -0.4 is 10.5 Å². The van der Waals surface area contributed by atoms with E-state index in [-0.39, 0.29) is 10.6 Å². The fourth-order valence-electron chi connectivity index (χ4n) is 0.906. The topological polar surface area (TPSA) is 139 Å². The van der Waals surface area contributed by atoms with E-state index < -0.39 is 28.4 Å². The number of nitrogens with one attached hydrogen (secondary N) is 1. The number of pyridine rings is 1. The lowest BCUT2D eigenvalue weighted by Crippen LogP contribution is -2.33. The summed E-state index contributed by atoms with van der Waals surface area (Å²) in [4.78, 5) is 24.4. The average molecular weight is 259 g/mol. The number of carbonyl (C=O) groups excluding carboxylic acids is 1. The van der Waals surface area contributed by atoms with Crippen LogP contribution in [0.15, 0.2) is 23.4 Å². The second kappa shape index (κ2) is 4.89. The molecule has 92 valence electrons. The summed E-state index contributed by atoms with van der Waals surface area (Å²) in [5.74, 6) is -2.05. The predicted molar refractivity (Wildman–Crippen MR) is 55.6 cm³/mol. The molecule has 0 fully saturated rings. The van der Waals surface area contributed by atoms with Gasteiger partial charge in [0.05, 0.1) is 12.1 Å². The zero-order chi connectivity index (χ0) is 13.1. The van der Waals surface area contributed by atoms with Crippen molar-refractivity contribution in [2.24, 2.45) is 5.73 Å². The van der Waals surface area contributed by atoms with E-state index >= 15 is 0 Å². The fraction of sp³-hybridized carbons (Fsp3) is 0.125. The molecular weight excluding hydrogens is 250 g/mol. The van der Waals surface area contributed by atoms with E-state index in [9.17, 15) is 18.0 Å². The molecule has 0 aromatic carbocycles. The number of aromatic carboxylic acids is 1. The molecule has 0 saturated heterocycles. The van der Waals surface area contributed by atoms with Gasteiger partial charge in [-0.15, -0.1) is 0 Å². The van der Waals surface area contributed by atoms with Crippen molar-refractivity contribution >= 4 is 21.9 Å². The highest BCUT2D eigenvalue weighted by atomic mass is 32.2. The Labute approximate surface area is 96.5 Å². The Hall–Kier alpha value is -2.00. The lowest BCUT2D eigenvalue weighted by atomic mass is 10.3. The maximum Gasteiger partial charge on any atom is 0.337 e. The third kappa shape index (κ3) is 3.50. The van der Waals surface area contributed by atoms with Crippen LogP contribution in [-0.4, -0.2) is 36.9 Å². The molecule has 0 saturated carbocycles. The minimum Gasteiger partial charge on any atom is -0.478 e. The molecule has 0 aliphatic rings. The summed E-state index contributed by atoms with van der Waals surface area (Å²) in [6.07, 6.45) is 0.904. The van der Waals surface area contributed by atoms with Gasteiger partial charge < -0.3 is 10.8 Å². The molecule has 0 bridgehead atoms. The van der Waals surface area contributed by atoms with Crippen molar-refractivity contribution in [2.75, 3.05) is 6.54 Å². The smallest absolute Gasteiger partial charge is 0.337 e. The summed E-state index contributed by atoms with van der Waals surface area (Å²) in [7, 11) is -3.95. The number of primary amides is 1. The Balaban J connectivity index is 2.92. The third-order valence-electron chi connectivity index (χ3n) is 1.70. The first-order valence-corrected chi connectivity index (χ1v) is 5.78. The number of sulfonamides is 1. The summed E-state index contributed by atoms with van der Waals surface area (Å²) in [5.41, 5.74) is 4.64. The summed E-state index contributed by atoms with van der Waals surface area (Å²) in [5, 5.41) is 8.20. The lowest BCUT2D eigenvalue weighted by Gasteiger charge is -2.03. The highest BCUT2D eigenvalue weighted by Gasteiger charge is 2.16. The van der Waals surface area contributed by atoms with Crippen LogP contribution in [0.4, 0.5) is 0 Å². The molecule has 0 radical (unpaired) electrons. The van der Waals surface area contributed by atoms with Gasteiger partial charge in [-0.05, 0) is 12.1 Å². The van der Waals surface area contributed by atoms with Gasteiger partial charge in [0.2, 0.25) is 5.91 Å². The molecule has 1 aromatic heterocycles. The Morgan fingerprint density at radius 3 is 2.47 bits per heavy atom. The largest absolute Gasteiger partial charge is 0.478 e. The summed E-state index contributed by atoms with van der Waals surface area (Å²) in [6, 6.07) is 2.11. The molecule has 8 nitrogen and oxygen atoms in total. The number of amides is 1. The van der Waals surface area contributed by atoms with Gasteiger partial charge in [0.15, 0.2) is 5.03 Å². The van der Waals surface area contributed by atoms with Gasteiger partial charge in [0.1, 0.15) is 0 Å². The van der Waals surface area contributed by atoms with Gasteiger partial charge in [0, 0.05) is 6.20 Å².